The van der Waals surface area contributed by atoms with E-state index in [0.29, 0.717) is 54.6 Å². The fourth-order valence-electron chi connectivity index (χ4n) is 4.55. The van der Waals surface area contributed by atoms with Gasteiger partial charge in [-0.15, -0.1) is 5.10 Å². The van der Waals surface area contributed by atoms with Crippen molar-refractivity contribution in [3.05, 3.63) is 83.9 Å². The number of alkyl halides is 3. The van der Waals surface area contributed by atoms with Crippen molar-refractivity contribution in [1.29, 1.82) is 0 Å². The van der Waals surface area contributed by atoms with Crippen molar-refractivity contribution in [2.45, 2.75) is 6.18 Å². The minimum absolute atomic E-state index is 0.131. The van der Waals surface area contributed by atoms with Crippen molar-refractivity contribution in [3.8, 4) is 0 Å². The number of aromatic nitrogens is 5. The minimum atomic E-state index is -4.39. The molecule has 1 amide bonds. The highest BCUT2D eigenvalue weighted by Crippen LogP contribution is 2.32. The predicted molar refractivity (Wildman–Crippen MR) is 135 cm³/mol. The lowest BCUT2D eigenvalue weighted by atomic mass is 10.1. The number of piperazine rings is 1. The summed E-state index contributed by atoms with van der Waals surface area (Å²) in [6.07, 6.45) is -4.39. The van der Waals surface area contributed by atoms with E-state index in [9.17, 15) is 18.0 Å². The number of carbonyl (C=O) groups excluding carboxylic acids is 1. The number of halogens is 3. The van der Waals surface area contributed by atoms with Gasteiger partial charge in [0, 0.05) is 43.1 Å². The lowest BCUT2D eigenvalue weighted by Crippen LogP contribution is -2.48. The molecule has 0 spiro atoms. The Balaban J connectivity index is 1.13. The maximum Gasteiger partial charge on any atom is 0.416 e. The number of amides is 1. The van der Waals surface area contributed by atoms with Gasteiger partial charge in [0.25, 0.3) is 5.91 Å². The van der Waals surface area contributed by atoms with Crippen LogP contribution in [0, 0.1) is 0 Å². The molecule has 0 radical (unpaired) electrons. The summed E-state index contributed by atoms with van der Waals surface area (Å²) < 4.78 is 40.8. The second-order valence-corrected chi connectivity index (χ2v) is 8.89. The first-order valence-electron chi connectivity index (χ1n) is 11.9. The highest BCUT2D eigenvalue weighted by atomic mass is 19.4. The van der Waals surface area contributed by atoms with Crippen LogP contribution in [-0.2, 0) is 6.18 Å². The van der Waals surface area contributed by atoms with Crippen molar-refractivity contribution in [2.75, 3.05) is 36.4 Å². The second kappa shape index (κ2) is 9.29. The van der Waals surface area contributed by atoms with Gasteiger partial charge in [-0.1, -0.05) is 18.2 Å². The van der Waals surface area contributed by atoms with E-state index in [-0.39, 0.29) is 5.91 Å². The predicted octanol–water partition coefficient (Wildman–Crippen LogP) is 4.40. The summed E-state index contributed by atoms with van der Waals surface area (Å²) >= 11 is 0. The standard InChI is InChI=1S/C26H21F3N8O/c27-26(28,29)18-4-3-5-20(16-18)35-12-14-36(15-13-35)25(38)17-8-10-19(11-9-17)30-23-24-32-33-34-37(24)22-7-2-1-6-21(22)31-23/h1-11,16H,12-15H2,(H,30,31). The SMILES string of the molecule is O=C(c1ccc(Nc2nc3ccccc3n3nnnc23)cc1)N1CCN(c2cccc(C(F)(F)F)c2)CC1. The zero-order valence-corrected chi connectivity index (χ0v) is 19.9. The maximum atomic E-state index is 13.1. The van der Waals surface area contributed by atoms with E-state index in [0.717, 1.165) is 23.2 Å². The highest BCUT2D eigenvalue weighted by molar-refractivity contribution is 5.95. The number of tetrazole rings is 1. The van der Waals surface area contributed by atoms with Gasteiger partial charge in [-0.3, -0.25) is 4.79 Å². The number of fused-ring (bicyclic) bond motifs is 3. The van der Waals surface area contributed by atoms with Crippen molar-refractivity contribution in [3.63, 3.8) is 0 Å². The number of hydrogen-bond acceptors (Lipinski definition) is 7. The van der Waals surface area contributed by atoms with Gasteiger partial charge >= 0.3 is 6.18 Å². The molecule has 38 heavy (non-hydrogen) atoms. The molecule has 12 heteroatoms. The van der Waals surface area contributed by atoms with Crippen molar-refractivity contribution < 1.29 is 18.0 Å². The van der Waals surface area contributed by atoms with E-state index in [1.165, 1.54) is 6.07 Å². The van der Waals surface area contributed by atoms with Crippen molar-refractivity contribution >= 4 is 39.8 Å². The number of hydrogen-bond donors (Lipinski definition) is 1. The third kappa shape index (κ3) is 4.44. The van der Waals surface area contributed by atoms with Crippen LogP contribution in [0.5, 0.6) is 0 Å². The van der Waals surface area contributed by atoms with Gasteiger partial charge in [0.1, 0.15) is 0 Å². The molecule has 3 heterocycles. The molecule has 0 atom stereocenters. The smallest absolute Gasteiger partial charge is 0.368 e. The van der Waals surface area contributed by atoms with Crippen LogP contribution < -0.4 is 10.2 Å². The summed E-state index contributed by atoms with van der Waals surface area (Å²) in [5.41, 5.74) is 3.04. The molecule has 1 aliphatic heterocycles. The van der Waals surface area contributed by atoms with E-state index < -0.39 is 11.7 Å². The number of rotatable bonds is 4. The average Bonchev–Trinajstić information content (AvgIpc) is 3.44. The van der Waals surface area contributed by atoms with Crippen molar-refractivity contribution in [2.24, 2.45) is 0 Å². The number of para-hydroxylation sites is 2. The van der Waals surface area contributed by atoms with Gasteiger partial charge in [-0.25, -0.2) is 4.98 Å². The average molecular weight is 519 g/mol. The molecule has 0 unspecified atom stereocenters. The zero-order chi connectivity index (χ0) is 26.3. The molecule has 5 aromatic rings. The molecule has 1 N–H and O–H groups in total. The van der Waals surface area contributed by atoms with Gasteiger partial charge in [0.05, 0.1) is 16.6 Å². The molecule has 0 saturated carbocycles. The van der Waals surface area contributed by atoms with Gasteiger partial charge in [-0.2, -0.15) is 17.7 Å². The molecular formula is C26H21F3N8O. The van der Waals surface area contributed by atoms with Crippen LogP contribution in [0.15, 0.2) is 72.8 Å². The Morgan fingerprint density at radius 3 is 2.42 bits per heavy atom. The van der Waals surface area contributed by atoms with Gasteiger partial charge in [-0.05, 0) is 65.0 Å². The first-order valence-corrected chi connectivity index (χ1v) is 11.9. The van der Waals surface area contributed by atoms with Crippen LogP contribution in [0.25, 0.3) is 16.7 Å². The lowest BCUT2D eigenvalue weighted by Gasteiger charge is -2.36. The molecule has 6 rings (SSSR count). The first-order chi connectivity index (χ1) is 18.4. The lowest BCUT2D eigenvalue weighted by molar-refractivity contribution is -0.137. The molecule has 3 aromatic carbocycles. The van der Waals surface area contributed by atoms with Crippen LogP contribution in [0.3, 0.4) is 0 Å². The van der Waals surface area contributed by atoms with E-state index in [4.69, 9.17) is 0 Å². The Labute approximate surface area is 214 Å². The molecule has 1 saturated heterocycles. The van der Waals surface area contributed by atoms with E-state index in [1.807, 2.05) is 29.2 Å². The highest BCUT2D eigenvalue weighted by Gasteiger charge is 2.31. The minimum Gasteiger partial charge on any atom is -0.368 e. The quantitative estimate of drug-likeness (QED) is 0.377. The molecule has 192 valence electrons. The summed E-state index contributed by atoms with van der Waals surface area (Å²) in [5.74, 6) is 0.353. The molecule has 1 fully saturated rings. The Bertz CT molecular complexity index is 1630. The van der Waals surface area contributed by atoms with E-state index in [1.54, 1.807) is 39.7 Å². The second-order valence-electron chi connectivity index (χ2n) is 8.89. The van der Waals surface area contributed by atoms with Crippen LogP contribution in [0.1, 0.15) is 15.9 Å². The van der Waals surface area contributed by atoms with Crippen LogP contribution in [0.2, 0.25) is 0 Å². The first kappa shape index (κ1) is 23.6. The van der Waals surface area contributed by atoms with Crippen molar-refractivity contribution in [1.82, 2.24) is 29.9 Å². The number of nitrogens with zero attached hydrogens (tertiary/aromatic N) is 7. The topological polar surface area (TPSA) is 91.5 Å². The molecule has 0 bridgehead atoms. The monoisotopic (exact) mass is 518 g/mol. The molecule has 1 aliphatic rings. The normalized spacial score (nSPS) is 14.3. The van der Waals surface area contributed by atoms with Gasteiger partial charge in [0.15, 0.2) is 5.82 Å². The van der Waals surface area contributed by atoms with Crippen LogP contribution >= 0.6 is 0 Å². The summed E-state index contributed by atoms with van der Waals surface area (Å²) in [5, 5.41) is 15.1. The van der Waals surface area contributed by atoms with E-state index in [2.05, 4.69) is 25.8 Å². The molecule has 9 nitrogen and oxygen atoms in total. The van der Waals surface area contributed by atoms with Crippen LogP contribution in [0.4, 0.5) is 30.4 Å². The Morgan fingerprint density at radius 2 is 1.66 bits per heavy atom. The summed E-state index contributed by atoms with van der Waals surface area (Å²) in [7, 11) is 0. The summed E-state index contributed by atoms with van der Waals surface area (Å²) in [6, 6.07) is 19.8. The number of carbonyl (C=O) groups is 1. The zero-order valence-electron chi connectivity index (χ0n) is 19.9. The maximum absolute atomic E-state index is 13.1. The Hall–Kier alpha value is -4.74. The fourth-order valence-corrected chi connectivity index (χ4v) is 4.55. The summed E-state index contributed by atoms with van der Waals surface area (Å²) in [6.45, 7) is 1.72. The number of nitrogens with one attached hydrogen (secondary N) is 1. The fraction of sp³-hybridized carbons (Fsp3) is 0.192. The molecular weight excluding hydrogens is 497 g/mol. The molecule has 0 aliphatic carbocycles. The largest absolute Gasteiger partial charge is 0.416 e. The Kier molecular flexibility index (Phi) is 5.78. The number of benzene rings is 3. The van der Waals surface area contributed by atoms with E-state index >= 15 is 0 Å². The third-order valence-electron chi connectivity index (χ3n) is 6.52. The van der Waals surface area contributed by atoms with Crippen LogP contribution in [-0.4, -0.2) is 62.0 Å². The summed E-state index contributed by atoms with van der Waals surface area (Å²) in [4.78, 5) is 21.3. The molecule has 2 aromatic heterocycles. The Morgan fingerprint density at radius 1 is 0.895 bits per heavy atom. The number of anilines is 3. The van der Waals surface area contributed by atoms with Gasteiger partial charge < -0.3 is 15.1 Å². The van der Waals surface area contributed by atoms with Gasteiger partial charge in [0.2, 0.25) is 5.65 Å². The third-order valence-corrected chi connectivity index (χ3v) is 6.52.